The molecule has 0 aliphatic rings. The summed E-state index contributed by atoms with van der Waals surface area (Å²) in [6, 6.07) is 0. The van der Waals surface area contributed by atoms with Gasteiger partial charge in [-0.25, -0.2) is 4.98 Å². The molecule has 92 valence electrons. The van der Waals surface area contributed by atoms with Gasteiger partial charge in [0, 0.05) is 5.56 Å². The van der Waals surface area contributed by atoms with E-state index in [-0.39, 0.29) is 22.9 Å². The van der Waals surface area contributed by atoms with E-state index in [4.69, 9.17) is 11.6 Å². The van der Waals surface area contributed by atoms with E-state index in [0.717, 1.165) is 10.8 Å². The van der Waals surface area contributed by atoms with E-state index in [9.17, 15) is 13.2 Å². The van der Waals surface area contributed by atoms with Gasteiger partial charge in [-0.15, -0.1) is 0 Å². The zero-order chi connectivity index (χ0) is 12.6. The maximum Gasteiger partial charge on any atom is 0.433 e. The minimum atomic E-state index is -4.54. The third kappa shape index (κ3) is 2.06. The van der Waals surface area contributed by atoms with Crippen molar-refractivity contribution in [3.8, 4) is 0 Å². The van der Waals surface area contributed by atoms with Crippen LogP contribution in [-0.4, -0.2) is 19.6 Å². The lowest BCUT2D eigenvalue weighted by Gasteiger charge is -2.13. The Balaban J connectivity index is 2.75. The zero-order valence-electron chi connectivity index (χ0n) is 8.79. The standard InChI is InChI=1S/C9H8ClF3N4/c1-2-3-5-6(9(11,12)13)16-8-14-4-15-17(8)7(5)10/h4H,2-3H2,1H3. The molecule has 0 aliphatic heterocycles. The second kappa shape index (κ2) is 4.14. The topological polar surface area (TPSA) is 43.1 Å². The van der Waals surface area contributed by atoms with E-state index >= 15 is 0 Å². The molecule has 0 bridgehead atoms. The Bertz CT molecular complexity index is 549. The molecule has 2 rings (SSSR count). The lowest BCUT2D eigenvalue weighted by molar-refractivity contribution is -0.141. The maximum absolute atomic E-state index is 12.8. The van der Waals surface area contributed by atoms with Gasteiger partial charge in [0.25, 0.3) is 5.78 Å². The molecule has 2 aromatic heterocycles. The predicted octanol–water partition coefficient (Wildman–Crippen LogP) is 2.75. The van der Waals surface area contributed by atoms with Crippen molar-refractivity contribution in [2.75, 3.05) is 0 Å². The van der Waals surface area contributed by atoms with Crippen LogP contribution in [0.3, 0.4) is 0 Å². The Labute approximate surface area is 99.4 Å². The molecule has 0 aliphatic carbocycles. The summed E-state index contributed by atoms with van der Waals surface area (Å²) in [5.41, 5.74) is -1.02. The first kappa shape index (κ1) is 12.1. The molecule has 0 fully saturated rings. The number of hydrogen-bond donors (Lipinski definition) is 0. The van der Waals surface area contributed by atoms with Gasteiger partial charge in [0.15, 0.2) is 5.69 Å². The minimum Gasteiger partial charge on any atom is -0.206 e. The van der Waals surface area contributed by atoms with E-state index in [2.05, 4.69) is 15.1 Å². The van der Waals surface area contributed by atoms with Gasteiger partial charge in [0.1, 0.15) is 11.5 Å². The average Bonchev–Trinajstić information content (AvgIpc) is 2.68. The number of aromatic nitrogens is 4. The maximum atomic E-state index is 12.8. The van der Waals surface area contributed by atoms with Gasteiger partial charge in [-0.1, -0.05) is 24.9 Å². The lowest BCUT2D eigenvalue weighted by atomic mass is 10.1. The number of rotatable bonds is 2. The van der Waals surface area contributed by atoms with Gasteiger partial charge in [0.05, 0.1) is 0 Å². The molecule has 0 saturated carbocycles. The molecular formula is C9H8ClF3N4. The first-order valence-electron chi connectivity index (χ1n) is 4.90. The Morgan fingerprint density at radius 3 is 2.71 bits per heavy atom. The van der Waals surface area contributed by atoms with Crippen molar-refractivity contribution in [2.45, 2.75) is 25.9 Å². The van der Waals surface area contributed by atoms with Gasteiger partial charge in [-0.2, -0.15) is 27.8 Å². The number of hydrogen-bond acceptors (Lipinski definition) is 3. The van der Waals surface area contributed by atoms with Crippen LogP contribution in [-0.2, 0) is 12.6 Å². The monoisotopic (exact) mass is 264 g/mol. The molecule has 0 amide bonds. The molecule has 8 heteroatoms. The van der Waals surface area contributed by atoms with Crippen LogP contribution < -0.4 is 0 Å². The lowest BCUT2D eigenvalue weighted by Crippen LogP contribution is -2.15. The molecule has 0 radical (unpaired) electrons. The van der Waals surface area contributed by atoms with Crippen LogP contribution in [0.4, 0.5) is 13.2 Å². The Hall–Kier alpha value is -1.37. The van der Waals surface area contributed by atoms with Crippen molar-refractivity contribution in [3.63, 3.8) is 0 Å². The van der Waals surface area contributed by atoms with Crippen molar-refractivity contribution >= 4 is 17.4 Å². The van der Waals surface area contributed by atoms with Crippen molar-refractivity contribution < 1.29 is 13.2 Å². The Kier molecular flexibility index (Phi) is 2.94. The molecular weight excluding hydrogens is 257 g/mol. The first-order valence-corrected chi connectivity index (χ1v) is 5.28. The predicted molar refractivity (Wildman–Crippen MR) is 54.8 cm³/mol. The number of halogens is 4. The normalized spacial score (nSPS) is 12.3. The van der Waals surface area contributed by atoms with Crippen LogP contribution in [0.5, 0.6) is 0 Å². The van der Waals surface area contributed by atoms with Crippen molar-refractivity contribution in [2.24, 2.45) is 0 Å². The molecule has 17 heavy (non-hydrogen) atoms. The molecule has 0 atom stereocenters. The van der Waals surface area contributed by atoms with Crippen LogP contribution in [0.25, 0.3) is 5.78 Å². The van der Waals surface area contributed by atoms with Crippen LogP contribution in [0.2, 0.25) is 5.15 Å². The summed E-state index contributed by atoms with van der Waals surface area (Å²) in [6.45, 7) is 1.77. The van der Waals surface area contributed by atoms with Crippen LogP contribution in [0.15, 0.2) is 6.33 Å². The van der Waals surface area contributed by atoms with Crippen molar-refractivity contribution in [3.05, 3.63) is 22.7 Å². The number of alkyl halides is 3. The zero-order valence-corrected chi connectivity index (χ0v) is 9.55. The fourth-order valence-electron chi connectivity index (χ4n) is 1.55. The van der Waals surface area contributed by atoms with Gasteiger partial charge in [-0.05, 0) is 6.42 Å². The Morgan fingerprint density at radius 1 is 1.41 bits per heavy atom. The van der Waals surface area contributed by atoms with E-state index < -0.39 is 11.9 Å². The van der Waals surface area contributed by atoms with Crippen molar-refractivity contribution in [1.82, 2.24) is 19.6 Å². The van der Waals surface area contributed by atoms with Gasteiger partial charge in [-0.3, -0.25) is 0 Å². The van der Waals surface area contributed by atoms with Gasteiger partial charge < -0.3 is 0 Å². The molecule has 0 spiro atoms. The molecule has 0 N–H and O–H groups in total. The van der Waals surface area contributed by atoms with Crippen molar-refractivity contribution in [1.29, 1.82) is 0 Å². The fourth-order valence-corrected chi connectivity index (χ4v) is 1.85. The Morgan fingerprint density at radius 2 is 2.12 bits per heavy atom. The fraction of sp³-hybridized carbons (Fsp3) is 0.444. The second-order valence-corrected chi connectivity index (χ2v) is 3.81. The number of fused-ring (bicyclic) bond motifs is 1. The highest BCUT2D eigenvalue weighted by Crippen LogP contribution is 2.34. The molecule has 0 unspecified atom stereocenters. The SMILES string of the molecule is CCCc1c(C(F)(F)F)nc2ncnn2c1Cl. The molecule has 2 aromatic rings. The van der Waals surface area contributed by atoms with Crippen LogP contribution >= 0.6 is 11.6 Å². The third-order valence-corrected chi connectivity index (χ3v) is 2.62. The third-order valence-electron chi connectivity index (χ3n) is 2.23. The summed E-state index contributed by atoms with van der Waals surface area (Å²) in [5, 5.41) is 3.65. The van der Waals surface area contributed by atoms with E-state index in [1.165, 1.54) is 0 Å². The first-order chi connectivity index (χ1) is 7.95. The summed E-state index contributed by atoms with van der Waals surface area (Å²) in [5.74, 6) is -0.151. The van der Waals surface area contributed by atoms with E-state index in [0.29, 0.717) is 6.42 Å². The highest BCUT2D eigenvalue weighted by atomic mass is 35.5. The van der Waals surface area contributed by atoms with Gasteiger partial charge >= 0.3 is 6.18 Å². The smallest absolute Gasteiger partial charge is 0.206 e. The van der Waals surface area contributed by atoms with E-state index in [1.54, 1.807) is 6.92 Å². The highest BCUT2D eigenvalue weighted by molar-refractivity contribution is 6.30. The largest absolute Gasteiger partial charge is 0.433 e. The summed E-state index contributed by atoms with van der Waals surface area (Å²) >= 11 is 5.89. The summed E-state index contributed by atoms with van der Waals surface area (Å²) < 4.78 is 39.5. The van der Waals surface area contributed by atoms with Crippen LogP contribution in [0.1, 0.15) is 24.6 Å². The highest BCUT2D eigenvalue weighted by Gasteiger charge is 2.37. The van der Waals surface area contributed by atoms with Crippen LogP contribution in [0, 0.1) is 0 Å². The number of nitrogens with zero attached hydrogens (tertiary/aromatic N) is 4. The molecule has 2 heterocycles. The quantitative estimate of drug-likeness (QED) is 0.784. The minimum absolute atomic E-state index is 0.0420. The second-order valence-electron chi connectivity index (χ2n) is 3.45. The summed E-state index contributed by atoms with van der Waals surface area (Å²) in [7, 11) is 0. The summed E-state index contributed by atoms with van der Waals surface area (Å²) in [4.78, 5) is 7.08. The molecule has 0 aromatic carbocycles. The summed E-state index contributed by atoms with van der Waals surface area (Å²) in [6.07, 6.45) is -2.70. The van der Waals surface area contributed by atoms with Gasteiger partial charge in [0.2, 0.25) is 0 Å². The molecule has 4 nitrogen and oxygen atoms in total. The van der Waals surface area contributed by atoms with E-state index in [1.807, 2.05) is 0 Å². The molecule has 0 saturated heterocycles. The average molecular weight is 265 g/mol.